The third-order valence-corrected chi connectivity index (χ3v) is 3.51. The Labute approximate surface area is 115 Å². The van der Waals surface area contributed by atoms with Crippen LogP contribution in [0.15, 0.2) is 22.7 Å². The van der Waals surface area contributed by atoms with E-state index in [1.165, 1.54) is 0 Å². The Balaban J connectivity index is 1.87. The second-order valence-electron chi connectivity index (χ2n) is 4.58. The molecular formula is C13H14ClN3O2. The molecule has 2 heterocycles. The zero-order valence-corrected chi connectivity index (χ0v) is 11.1. The molecule has 100 valence electrons. The molecule has 1 fully saturated rings. The number of nitrogens with two attached hydrogens (primary N) is 1. The Morgan fingerprint density at radius 3 is 2.79 bits per heavy atom. The molecule has 0 radical (unpaired) electrons. The molecular weight excluding hydrogens is 266 g/mol. The number of hydrogen-bond acceptors (Lipinski definition) is 5. The van der Waals surface area contributed by atoms with Crippen LogP contribution >= 0.6 is 11.6 Å². The van der Waals surface area contributed by atoms with Gasteiger partial charge in [-0.1, -0.05) is 16.8 Å². The minimum absolute atomic E-state index is 0.305. The highest BCUT2D eigenvalue weighted by Crippen LogP contribution is 2.30. The zero-order chi connectivity index (χ0) is 13.2. The number of anilines is 1. The van der Waals surface area contributed by atoms with Gasteiger partial charge < -0.3 is 15.0 Å². The van der Waals surface area contributed by atoms with E-state index in [1.807, 2.05) is 0 Å². The number of benzene rings is 1. The van der Waals surface area contributed by atoms with Gasteiger partial charge in [0.05, 0.1) is 5.56 Å². The first-order valence-corrected chi connectivity index (χ1v) is 6.58. The first-order chi connectivity index (χ1) is 9.24. The van der Waals surface area contributed by atoms with E-state index in [0.717, 1.165) is 37.4 Å². The van der Waals surface area contributed by atoms with Crippen LogP contribution in [0.4, 0.5) is 5.69 Å². The number of aromatic nitrogens is 2. The number of ether oxygens (including phenoxy) is 1. The molecule has 1 aliphatic rings. The number of nitrogens with zero attached hydrogens (tertiary/aromatic N) is 2. The average Bonchev–Trinajstić information content (AvgIpc) is 2.89. The van der Waals surface area contributed by atoms with Gasteiger partial charge in [-0.2, -0.15) is 4.98 Å². The van der Waals surface area contributed by atoms with Gasteiger partial charge in [0.15, 0.2) is 5.82 Å². The lowest BCUT2D eigenvalue weighted by molar-refractivity contribution is 0.0830. The Bertz CT molecular complexity index is 579. The summed E-state index contributed by atoms with van der Waals surface area (Å²) in [5, 5.41) is 4.64. The van der Waals surface area contributed by atoms with Gasteiger partial charge in [-0.05, 0) is 31.0 Å². The van der Waals surface area contributed by atoms with Crippen molar-refractivity contribution in [2.45, 2.75) is 18.8 Å². The molecule has 0 unspecified atom stereocenters. The summed E-state index contributed by atoms with van der Waals surface area (Å²) in [5.74, 6) is 1.48. The molecule has 6 heteroatoms. The minimum atomic E-state index is 0.305. The molecule has 0 saturated carbocycles. The molecule has 0 bridgehead atoms. The lowest BCUT2D eigenvalue weighted by Crippen LogP contribution is -2.15. The van der Waals surface area contributed by atoms with Crippen molar-refractivity contribution in [1.82, 2.24) is 10.1 Å². The fourth-order valence-corrected chi connectivity index (χ4v) is 2.37. The molecule has 0 amide bonds. The fourth-order valence-electron chi connectivity index (χ4n) is 2.19. The fraction of sp³-hybridized carbons (Fsp3) is 0.385. The molecule has 0 atom stereocenters. The van der Waals surface area contributed by atoms with Crippen molar-refractivity contribution in [2.75, 3.05) is 18.9 Å². The smallest absolute Gasteiger partial charge is 0.260 e. The van der Waals surface area contributed by atoms with Crippen LogP contribution in [0.25, 0.3) is 11.5 Å². The molecule has 2 aromatic rings. The van der Waals surface area contributed by atoms with Crippen LogP contribution in [-0.4, -0.2) is 23.4 Å². The van der Waals surface area contributed by atoms with E-state index in [1.54, 1.807) is 18.2 Å². The van der Waals surface area contributed by atoms with Crippen molar-refractivity contribution >= 4 is 17.3 Å². The highest BCUT2D eigenvalue weighted by Gasteiger charge is 2.22. The van der Waals surface area contributed by atoms with Gasteiger partial charge in [-0.15, -0.1) is 0 Å². The predicted molar refractivity (Wildman–Crippen MR) is 72.0 cm³/mol. The summed E-state index contributed by atoms with van der Waals surface area (Å²) in [5.41, 5.74) is 7.16. The van der Waals surface area contributed by atoms with Gasteiger partial charge in [0.1, 0.15) is 0 Å². The van der Waals surface area contributed by atoms with E-state index in [9.17, 15) is 0 Å². The van der Waals surface area contributed by atoms with Crippen LogP contribution in [0.3, 0.4) is 0 Å². The van der Waals surface area contributed by atoms with Crippen molar-refractivity contribution in [3.05, 3.63) is 29.0 Å². The molecule has 1 aliphatic heterocycles. The molecule has 2 N–H and O–H groups in total. The minimum Gasteiger partial charge on any atom is -0.398 e. The number of halogens is 1. The highest BCUT2D eigenvalue weighted by atomic mass is 35.5. The summed E-state index contributed by atoms with van der Waals surface area (Å²) in [7, 11) is 0. The summed E-state index contributed by atoms with van der Waals surface area (Å²) in [6.45, 7) is 1.50. The maximum Gasteiger partial charge on any atom is 0.260 e. The van der Waals surface area contributed by atoms with Crippen molar-refractivity contribution in [3.63, 3.8) is 0 Å². The van der Waals surface area contributed by atoms with Crippen molar-refractivity contribution in [2.24, 2.45) is 0 Å². The molecule has 5 nitrogen and oxygen atoms in total. The second kappa shape index (κ2) is 5.19. The Morgan fingerprint density at radius 2 is 2.05 bits per heavy atom. The van der Waals surface area contributed by atoms with E-state index in [2.05, 4.69) is 10.1 Å². The predicted octanol–water partition coefficient (Wildman–Crippen LogP) is 2.87. The first kappa shape index (κ1) is 12.4. The van der Waals surface area contributed by atoms with Gasteiger partial charge in [0.25, 0.3) is 5.89 Å². The summed E-state index contributed by atoms with van der Waals surface area (Å²) >= 11 is 5.87. The molecule has 19 heavy (non-hydrogen) atoms. The van der Waals surface area contributed by atoms with Crippen LogP contribution in [0, 0.1) is 0 Å². The van der Waals surface area contributed by atoms with E-state index < -0.39 is 0 Å². The zero-order valence-electron chi connectivity index (χ0n) is 10.3. The lowest BCUT2D eigenvalue weighted by atomic mass is 10.00. The summed E-state index contributed by atoms with van der Waals surface area (Å²) in [4.78, 5) is 4.44. The van der Waals surface area contributed by atoms with Crippen LogP contribution in [-0.2, 0) is 4.74 Å². The largest absolute Gasteiger partial charge is 0.398 e. The van der Waals surface area contributed by atoms with Crippen LogP contribution in [0.5, 0.6) is 0 Å². The number of nitrogen functional groups attached to an aromatic ring is 1. The maximum absolute atomic E-state index is 5.91. The molecule has 0 aliphatic carbocycles. The van der Waals surface area contributed by atoms with Crippen LogP contribution < -0.4 is 5.73 Å². The highest BCUT2D eigenvalue weighted by molar-refractivity contribution is 6.31. The van der Waals surface area contributed by atoms with Gasteiger partial charge in [-0.25, -0.2) is 0 Å². The topological polar surface area (TPSA) is 74.2 Å². The summed E-state index contributed by atoms with van der Waals surface area (Å²) < 4.78 is 10.6. The Hall–Kier alpha value is -1.59. The molecule has 0 spiro atoms. The first-order valence-electron chi connectivity index (χ1n) is 6.21. The number of hydrogen-bond donors (Lipinski definition) is 1. The normalized spacial score (nSPS) is 16.7. The summed E-state index contributed by atoms with van der Waals surface area (Å²) in [6, 6.07) is 5.22. The second-order valence-corrected chi connectivity index (χ2v) is 5.01. The molecule has 1 aromatic carbocycles. The van der Waals surface area contributed by atoms with Crippen molar-refractivity contribution in [1.29, 1.82) is 0 Å². The molecule has 1 saturated heterocycles. The number of rotatable bonds is 2. The average molecular weight is 280 g/mol. The van der Waals surface area contributed by atoms with E-state index in [0.29, 0.717) is 22.5 Å². The van der Waals surface area contributed by atoms with Gasteiger partial charge in [-0.3, -0.25) is 0 Å². The van der Waals surface area contributed by atoms with Gasteiger partial charge >= 0.3 is 0 Å². The van der Waals surface area contributed by atoms with Gasteiger partial charge in [0, 0.05) is 29.8 Å². The Morgan fingerprint density at radius 1 is 1.26 bits per heavy atom. The van der Waals surface area contributed by atoms with E-state index in [-0.39, 0.29) is 0 Å². The Kier molecular flexibility index (Phi) is 3.40. The van der Waals surface area contributed by atoms with Gasteiger partial charge in [0.2, 0.25) is 0 Å². The van der Waals surface area contributed by atoms with Crippen molar-refractivity contribution in [3.8, 4) is 11.5 Å². The lowest BCUT2D eigenvalue weighted by Gasteiger charge is -2.18. The van der Waals surface area contributed by atoms with Crippen LogP contribution in [0.1, 0.15) is 24.6 Å². The third kappa shape index (κ3) is 2.57. The standard InChI is InChI=1S/C13H14ClN3O2/c14-9-1-2-10(11(15)7-9)13-16-12(17-19-13)8-3-5-18-6-4-8/h1-2,7-8H,3-6,15H2. The van der Waals surface area contributed by atoms with Crippen LogP contribution in [0.2, 0.25) is 5.02 Å². The maximum atomic E-state index is 5.91. The monoisotopic (exact) mass is 279 g/mol. The molecule has 1 aromatic heterocycles. The van der Waals surface area contributed by atoms with Crippen molar-refractivity contribution < 1.29 is 9.26 Å². The molecule has 3 rings (SSSR count). The third-order valence-electron chi connectivity index (χ3n) is 3.27. The van der Waals surface area contributed by atoms with E-state index >= 15 is 0 Å². The SMILES string of the molecule is Nc1cc(Cl)ccc1-c1nc(C2CCOCC2)no1. The summed E-state index contributed by atoms with van der Waals surface area (Å²) in [6.07, 6.45) is 1.85. The quantitative estimate of drug-likeness (QED) is 0.856. The van der Waals surface area contributed by atoms with E-state index in [4.69, 9.17) is 26.6 Å².